The van der Waals surface area contributed by atoms with Crippen LogP contribution in [0.5, 0.6) is 5.88 Å². The number of carboxylic acid groups (broad SMARTS) is 1. The summed E-state index contributed by atoms with van der Waals surface area (Å²) in [6, 6.07) is 7.74. The van der Waals surface area contributed by atoms with Gasteiger partial charge in [0.1, 0.15) is 5.82 Å². The molecule has 1 amide bonds. The van der Waals surface area contributed by atoms with Crippen molar-refractivity contribution >= 4 is 18.2 Å². The average molecular weight is 479 g/mol. The zero-order chi connectivity index (χ0) is 25.4. The summed E-state index contributed by atoms with van der Waals surface area (Å²) >= 11 is 0. The third kappa shape index (κ3) is 6.28. The predicted octanol–water partition coefficient (Wildman–Crippen LogP) is 3.08. The van der Waals surface area contributed by atoms with Crippen molar-refractivity contribution in [1.29, 1.82) is 0 Å². The molecule has 3 aromatic rings. The Morgan fingerprint density at radius 1 is 1.26 bits per heavy atom. The molecule has 4 rings (SSSR count). The van der Waals surface area contributed by atoms with Gasteiger partial charge in [0.25, 0.3) is 6.47 Å². The maximum Gasteiger partial charge on any atom is 0.290 e. The summed E-state index contributed by atoms with van der Waals surface area (Å²) in [5.74, 6) is 1.85. The summed E-state index contributed by atoms with van der Waals surface area (Å²) in [6.07, 6.45) is 6.08. The SMILES string of the molecule is COc1cc(C(C)C(=O)N2CC[C@H](Nc3ccc(-c4ncccn4)c(C)n3)C2)c(C)cn1.O=CO. The van der Waals surface area contributed by atoms with E-state index < -0.39 is 0 Å². The molecule has 3 aromatic heterocycles. The molecule has 1 saturated heterocycles. The van der Waals surface area contributed by atoms with E-state index in [4.69, 9.17) is 14.6 Å². The Kier molecular flexibility index (Phi) is 8.66. The van der Waals surface area contributed by atoms with E-state index >= 15 is 0 Å². The highest BCUT2D eigenvalue weighted by atomic mass is 16.5. The van der Waals surface area contributed by atoms with Crippen molar-refractivity contribution in [2.24, 2.45) is 0 Å². The first-order chi connectivity index (χ1) is 16.9. The summed E-state index contributed by atoms with van der Waals surface area (Å²) < 4.78 is 5.23. The van der Waals surface area contributed by atoms with Crippen LogP contribution in [0.3, 0.4) is 0 Å². The number of amides is 1. The number of aryl methyl sites for hydroxylation is 2. The van der Waals surface area contributed by atoms with Crippen molar-refractivity contribution in [3.05, 3.63) is 59.7 Å². The van der Waals surface area contributed by atoms with Crippen molar-refractivity contribution in [3.63, 3.8) is 0 Å². The first-order valence-electron chi connectivity index (χ1n) is 11.3. The molecule has 1 unspecified atom stereocenters. The fraction of sp³-hybridized carbons (Fsp3) is 0.360. The number of likely N-dealkylation sites (tertiary alicyclic amines) is 1. The van der Waals surface area contributed by atoms with E-state index in [1.54, 1.807) is 31.8 Å². The first kappa shape index (κ1) is 25.5. The van der Waals surface area contributed by atoms with Crippen molar-refractivity contribution in [2.45, 2.75) is 39.2 Å². The van der Waals surface area contributed by atoms with Gasteiger partial charge in [-0.1, -0.05) is 0 Å². The van der Waals surface area contributed by atoms with Gasteiger partial charge < -0.3 is 20.1 Å². The number of rotatable bonds is 6. The van der Waals surface area contributed by atoms with E-state index in [0.29, 0.717) is 18.2 Å². The Bertz CT molecular complexity index is 1160. The molecule has 4 heterocycles. The zero-order valence-corrected chi connectivity index (χ0v) is 20.3. The van der Waals surface area contributed by atoms with Crippen molar-refractivity contribution in [2.75, 3.05) is 25.5 Å². The summed E-state index contributed by atoms with van der Waals surface area (Å²) in [7, 11) is 1.58. The minimum atomic E-state index is -0.254. The molecule has 10 nitrogen and oxygen atoms in total. The van der Waals surface area contributed by atoms with Gasteiger partial charge in [0.05, 0.1) is 18.7 Å². The highest BCUT2D eigenvalue weighted by Gasteiger charge is 2.30. The number of pyridine rings is 2. The maximum atomic E-state index is 13.2. The molecule has 10 heteroatoms. The molecular formula is C25H30N6O4. The molecule has 0 spiro atoms. The minimum Gasteiger partial charge on any atom is -0.483 e. The summed E-state index contributed by atoms with van der Waals surface area (Å²) in [6.45, 7) is 6.98. The number of hydrogen-bond acceptors (Lipinski definition) is 8. The Balaban J connectivity index is 0.00000108. The van der Waals surface area contributed by atoms with E-state index in [-0.39, 0.29) is 24.3 Å². The van der Waals surface area contributed by atoms with Crippen LogP contribution < -0.4 is 10.1 Å². The lowest BCUT2D eigenvalue weighted by molar-refractivity contribution is -0.131. The Hall–Kier alpha value is -4.08. The van der Waals surface area contributed by atoms with Gasteiger partial charge in [-0.05, 0) is 56.5 Å². The first-order valence-corrected chi connectivity index (χ1v) is 11.3. The van der Waals surface area contributed by atoms with Gasteiger partial charge in [-0.15, -0.1) is 0 Å². The monoisotopic (exact) mass is 478 g/mol. The molecule has 0 radical (unpaired) electrons. The van der Waals surface area contributed by atoms with Crippen LogP contribution in [0.4, 0.5) is 5.82 Å². The maximum absolute atomic E-state index is 13.2. The number of carbonyl (C=O) groups is 2. The van der Waals surface area contributed by atoms with Crippen LogP contribution in [0.2, 0.25) is 0 Å². The lowest BCUT2D eigenvalue weighted by Crippen LogP contribution is -2.34. The molecule has 0 saturated carbocycles. The minimum absolute atomic E-state index is 0.117. The van der Waals surface area contributed by atoms with Gasteiger partial charge in [0.2, 0.25) is 11.8 Å². The van der Waals surface area contributed by atoms with Crippen LogP contribution >= 0.6 is 0 Å². The normalized spacial score (nSPS) is 15.5. The van der Waals surface area contributed by atoms with Crippen molar-refractivity contribution in [1.82, 2.24) is 24.8 Å². The van der Waals surface area contributed by atoms with Crippen LogP contribution in [0.1, 0.15) is 36.1 Å². The number of carbonyl (C=O) groups excluding carboxylic acids is 1. The number of aromatic nitrogens is 4. The second-order valence-corrected chi connectivity index (χ2v) is 8.23. The summed E-state index contributed by atoms with van der Waals surface area (Å²) in [4.78, 5) is 40.9. The van der Waals surface area contributed by atoms with E-state index in [9.17, 15) is 4.79 Å². The fourth-order valence-electron chi connectivity index (χ4n) is 4.11. The molecule has 0 aliphatic carbocycles. The molecule has 1 fully saturated rings. The smallest absolute Gasteiger partial charge is 0.290 e. The lowest BCUT2D eigenvalue weighted by atomic mass is 9.97. The number of ether oxygens (including phenoxy) is 1. The number of methoxy groups -OCH3 is 1. The van der Waals surface area contributed by atoms with Gasteiger partial charge in [-0.25, -0.2) is 19.9 Å². The molecule has 35 heavy (non-hydrogen) atoms. The van der Waals surface area contributed by atoms with E-state index in [1.807, 2.05) is 43.9 Å². The quantitative estimate of drug-likeness (QED) is 0.513. The average Bonchev–Trinajstić information content (AvgIpc) is 3.33. The third-order valence-electron chi connectivity index (χ3n) is 5.91. The Morgan fingerprint density at radius 2 is 1.97 bits per heavy atom. The van der Waals surface area contributed by atoms with Gasteiger partial charge >= 0.3 is 0 Å². The van der Waals surface area contributed by atoms with E-state index in [1.165, 1.54) is 0 Å². The molecule has 1 aliphatic heterocycles. The fourth-order valence-corrected chi connectivity index (χ4v) is 4.11. The molecular weight excluding hydrogens is 448 g/mol. The number of hydrogen-bond donors (Lipinski definition) is 2. The Labute approximate surface area is 204 Å². The molecule has 184 valence electrons. The van der Waals surface area contributed by atoms with Gasteiger partial charge in [0, 0.05) is 49.4 Å². The van der Waals surface area contributed by atoms with E-state index in [2.05, 4.69) is 25.3 Å². The van der Waals surface area contributed by atoms with Crippen LogP contribution in [0.15, 0.2) is 42.9 Å². The number of nitrogens with zero attached hydrogens (tertiary/aromatic N) is 5. The largest absolute Gasteiger partial charge is 0.483 e. The van der Waals surface area contributed by atoms with Crippen LogP contribution in [-0.4, -0.2) is 68.6 Å². The summed E-state index contributed by atoms with van der Waals surface area (Å²) in [5.41, 5.74) is 3.72. The molecule has 2 atom stereocenters. The number of nitrogens with one attached hydrogen (secondary N) is 1. The van der Waals surface area contributed by atoms with Crippen molar-refractivity contribution < 1.29 is 19.4 Å². The molecule has 0 bridgehead atoms. The topological polar surface area (TPSA) is 130 Å². The van der Waals surface area contributed by atoms with E-state index in [0.717, 1.165) is 41.2 Å². The van der Waals surface area contributed by atoms with Crippen LogP contribution in [0, 0.1) is 13.8 Å². The highest BCUT2D eigenvalue weighted by molar-refractivity contribution is 5.84. The molecule has 1 aliphatic rings. The number of anilines is 1. The van der Waals surface area contributed by atoms with Gasteiger partial charge in [-0.3, -0.25) is 9.59 Å². The van der Waals surface area contributed by atoms with Gasteiger partial charge in [0.15, 0.2) is 5.82 Å². The second kappa shape index (κ2) is 11.9. The molecule has 0 aromatic carbocycles. The van der Waals surface area contributed by atoms with Crippen LogP contribution in [-0.2, 0) is 9.59 Å². The lowest BCUT2D eigenvalue weighted by Gasteiger charge is -2.23. The van der Waals surface area contributed by atoms with Crippen molar-refractivity contribution in [3.8, 4) is 17.3 Å². The van der Waals surface area contributed by atoms with Gasteiger partial charge in [-0.2, -0.15) is 0 Å². The zero-order valence-electron chi connectivity index (χ0n) is 20.3. The highest BCUT2D eigenvalue weighted by Crippen LogP contribution is 2.27. The Morgan fingerprint density at radius 3 is 2.63 bits per heavy atom. The predicted molar refractivity (Wildman–Crippen MR) is 131 cm³/mol. The van der Waals surface area contributed by atoms with Crippen LogP contribution in [0.25, 0.3) is 11.4 Å². The third-order valence-corrected chi connectivity index (χ3v) is 5.91. The molecule has 2 N–H and O–H groups in total. The standard InChI is InChI=1S/C24H28N6O2.CH2O2/c1-15-13-27-22(32-4)12-20(15)16(2)24(31)30-11-8-18(14-30)29-21-7-6-19(17(3)28-21)23-25-9-5-10-26-23;2-1-3/h5-7,9-10,12-13,16,18H,8,11,14H2,1-4H3,(H,28,29);1H,(H,2,3)/t16?,18-;/m0./s1. The second-order valence-electron chi connectivity index (χ2n) is 8.23. The summed E-state index contributed by atoms with van der Waals surface area (Å²) in [5, 5.41) is 10.4.